The number of hydrogen-bond acceptors (Lipinski definition) is 4. The van der Waals surface area contributed by atoms with Crippen LogP contribution in [-0.4, -0.2) is 49.3 Å². The molecule has 6 heteroatoms. The summed E-state index contributed by atoms with van der Waals surface area (Å²) in [5, 5.41) is 14.7. The Morgan fingerprint density at radius 1 is 1.45 bits per heavy atom. The maximum atomic E-state index is 11.9. The molecule has 3 atom stereocenters. The van der Waals surface area contributed by atoms with Gasteiger partial charge >= 0.3 is 5.97 Å². The molecule has 6 nitrogen and oxygen atoms in total. The van der Waals surface area contributed by atoms with Crippen molar-refractivity contribution in [2.24, 2.45) is 5.92 Å². The zero-order chi connectivity index (χ0) is 15.0. The van der Waals surface area contributed by atoms with Gasteiger partial charge in [0.15, 0.2) is 0 Å². The minimum absolute atomic E-state index is 0.0117. The molecule has 0 aromatic rings. The Morgan fingerprint density at radius 2 is 2.20 bits per heavy atom. The Kier molecular flexibility index (Phi) is 7.54. The molecule has 0 aromatic heterocycles. The standard InChI is InChI=1S/C14H26N2O4/c1-3-10(4-5-13(17)18)6-7-15-14(19)12-8-11(20-2)9-16-12/h10-12,16H,3-9H2,1-2H3,(H,15,19)(H,17,18). The summed E-state index contributed by atoms with van der Waals surface area (Å²) in [4.78, 5) is 22.5. The van der Waals surface area contributed by atoms with Gasteiger partial charge in [0, 0.05) is 26.6 Å². The summed E-state index contributed by atoms with van der Waals surface area (Å²) in [5.74, 6) is -0.388. The van der Waals surface area contributed by atoms with E-state index in [-0.39, 0.29) is 24.5 Å². The summed E-state index contributed by atoms with van der Waals surface area (Å²) < 4.78 is 5.21. The van der Waals surface area contributed by atoms with Crippen LogP contribution in [0, 0.1) is 5.92 Å². The molecule has 3 N–H and O–H groups in total. The molecule has 0 saturated carbocycles. The number of carbonyl (C=O) groups is 2. The molecule has 1 rings (SSSR count). The van der Waals surface area contributed by atoms with Crippen molar-refractivity contribution < 1.29 is 19.4 Å². The second-order valence-electron chi connectivity index (χ2n) is 5.34. The summed E-state index contributed by atoms with van der Waals surface area (Å²) in [7, 11) is 1.65. The number of hydrogen-bond donors (Lipinski definition) is 3. The van der Waals surface area contributed by atoms with E-state index in [9.17, 15) is 9.59 Å². The molecule has 1 fully saturated rings. The fourth-order valence-electron chi connectivity index (χ4n) is 2.49. The second-order valence-corrected chi connectivity index (χ2v) is 5.34. The molecule has 0 spiro atoms. The highest BCUT2D eigenvalue weighted by Gasteiger charge is 2.28. The first kappa shape index (κ1) is 16.9. The highest BCUT2D eigenvalue weighted by atomic mass is 16.5. The van der Waals surface area contributed by atoms with Crippen LogP contribution >= 0.6 is 0 Å². The molecule has 3 unspecified atom stereocenters. The van der Waals surface area contributed by atoms with E-state index in [0.717, 1.165) is 12.8 Å². The lowest BCUT2D eigenvalue weighted by Gasteiger charge is -2.15. The number of carboxylic acid groups (broad SMARTS) is 1. The minimum Gasteiger partial charge on any atom is -0.481 e. The minimum atomic E-state index is -0.756. The van der Waals surface area contributed by atoms with Gasteiger partial charge in [-0.05, 0) is 25.2 Å². The van der Waals surface area contributed by atoms with Gasteiger partial charge in [0.2, 0.25) is 5.91 Å². The fourth-order valence-corrected chi connectivity index (χ4v) is 2.49. The number of aliphatic carboxylic acids is 1. The summed E-state index contributed by atoms with van der Waals surface area (Å²) >= 11 is 0. The molecular weight excluding hydrogens is 260 g/mol. The summed E-state index contributed by atoms with van der Waals surface area (Å²) in [6.07, 6.45) is 3.47. The predicted octanol–water partition coefficient (Wildman–Crippen LogP) is 0.761. The van der Waals surface area contributed by atoms with E-state index in [4.69, 9.17) is 9.84 Å². The molecule has 0 bridgehead atoms. The number of carbonyl (C=O) groups excluding carboxylic acids is 1. The van der Waals surface area contributed by atoms with E-state index in [1.165, 1.54) is 0 Å². The van der Waals surface area contributed by atoms with Crippen LogP contribution in [0.15, 0.2) is 0 Å². The molecule has 0 radical (unpaired) electrons. The van der Waals surface area contributed by atoms with Crippen molar-refractivity contribution in [1.29, 1.82) is 0 Å². The number of methoxy groups -OCH3 is 1. The number of ether oxygens (including phenoxy) is 1. The molecule has 0 aliphatic carbocycles. The third-order valence-electron chi connectivity index (χ3n) is 3.94. The Bertz CT molecular complexity index is 322. The first-order valence-corrected chi connectivity index (χ1v) is 7.32. The van der Waals surface area contributed by atoms with Crippen molar-refractivity contribution in [2.45, 2.75) is 51.2 Å². The quantitative estimate of drug-likeness (QED) is 0.582. The largest absolute Gasteiger partial charge is 0.481 e. The van der Waals surface area contributed by atoms with E-state index in [1.54, 1.807) is 7.11 Å². The summed E-state index contributed by atoms with van der Waals surface area (Å²) in [5.41, 5.74) is 0. The van der Waals surface area contributed by atoms with Crippen molar-refractivity contribution in [3.05, 3.63) is 0 Å². The van der Waals surface area contributed by atoms with Crippen LogP contribution < -0.4 is 10.6 Å². The normalized spacial score (nSPS) is 23.5. The highest BCUT2D eigenvalue weighted by molar-refractivity contribution is 5.82. The van der Waals surface area contributed by atoms with Crippen LogP contribution in [0.4, 0.5) is 0 Å². The zero-order valence-electron chi connectivity index (χ0n) is 12.4. The van der Waals surface area contributed by atoms with Crippen LogP contribution in [0.25, 0.3) is 0 Å². The smallest absolute Gasteiger partial charge is 0.303 e. The number of amides is 1. The van der Waals surface area contributed by atoms with Gasteiger partial charge in [-0.3, -0.25) is 9.59 Å². The van der Waals surface area contributed by atoms with Gasteiger partial charge in [-0.25, -0.2) is 0 Å². The number of nitrogens with one attached hydrogen (secondary N) is 2. The average Bonchev–Trinajstić information content (AvgIpc) is 2.91. The third-order valence-corrected chi connectivity index (χ3v) is 3.94. The monoisotopic (exact) mass is 286 g/mol. The fraction of sp³-hybridized carbons (Fsp3) is 0.857. The van der Waals surface area contributed by atoms with Crippen LogP contribution in [0.1, 0.15) is 39.0 Å². The topological polar surface area (TPSA) is 87.7 Å². The van der Waals surface area contributed by atoms with Crippen molar-refractivity contribution in [3.63, 3.8) is 0 Å². The van der Waals surface area contributed by atoms with Crippen LogP contribution in [0.3, 0.4) is 0 Å². The highest BCUT2D eigenvalue weighted by Crippen LogP contribution is 2.15. The molecule has 1 heterocycles. The van der Waals surface area contributed by atoms with E-state index in [2.05, 4.69) is 17.6 Å². The number of rotatable bonds is 9. The van der Waals surface area contributed by atoms with Crippen molar-refractivity contribution in [2.75, 3.05) is 20.2 Å². The molecule has 1 aliphatic rings. The van der Waals surface area contributed by atoms with Gasteiger partial charge in [-0.1, -0.05) is 13.3 Å². The molecule has 1 amide bonds. The SMILES string of the molecule is CCC(CCNC(=O)C1CC(OC)CN1)CCC(=O)O. The third kappa shape index (κ3) is 5.88. The average molecular weight is 286 g/mol. The van der Waals surface area contributed by atoms with Gasteiger partial charge in [-0.2, -0.15) is 0 Å². The maximum absolute atomic E-state index is 11.9. The lowest BCUT2D eigenvalue weighted by Crippen LogP contribution is -2.41. The van der Waals surface area contributed by atoms with Gasteiger partial charge in [0.05, 0.1) is 12.1 Å². The zero-order valence-corrected chi connectivity index (χ0v) is 12.4. The number of carboxylic acids is 1. The molecule has 1 saturated heterocycles. The molecule has 20 heavy (non-hydrogen) atoms. The lowest BCUT2D eigenvalue weighted by atomic mass is 9.96. The Balaban J connectivity index is 2.18. The molecule has 116 valence electrons. The maximum Gasteiger partial charge on any atom is 0.303 e. The van der Waals surface area contributed by atoms with E-state index in [0.29, 0.717) is 31.8 Å². The molecule has 0 aromatic carbocycles. The van der Waals surface area contributed by atoms with Crippen LogP contribution in [0.2, 0.25) is 0 Å². The second kappa shape index (κ2) is 8.92. The summed E-state index contributed by atoms with van der Waals surface area (Å²) in [6.45, 7) is 3.37. The van der Waals surface area contributed by atoms with Crippen LogP contribution in [-0.2, 0) is 14.3 Å². The summed E-state index contributed by atoms with van der Waals surface area (Å²) in [6, 6.07) is -0.168. The van der Waals surface area contributed by atoms with Crippen molar-refractivity contribution in [1.82, 2.24) is 10.6 Å². The van der Waals surface area contributed by atoms with Gasteiger partial charge in [0.1, 0.15) is 0 Å². The van der Waals surface area contributed by atoms with Gasteiger partial charge in [0.25, 0.3) is 0 Å². The van der Waals surface area contributed by atoms with E-state index < -0.39 is 5.97 Å². The first-order valence-electron chi connectivity index (χ1n) is 7.32. The lowest BCUT2D eigenvalue weighted by molar-refractivity contribution is -0.137. The van der Waals surface area contributed by atoms with Crippen LogP contribution in [0.5, 0.6) is 0 Å². The Morgan fingerprint density at radius 3 is 2.75 bits per heavy atom. The van der Waals surface area contributed by atoms with Crippen molar-refractivity contribution >= 4 is 11.9 Å². The molecular formula is C14H26N2O4. The van der Waals surface area contributed by atoms with Gasteiger partial charge in [-0.15, -0.1) is 0 Å². The Labute approximate surface area is 120 Å². The predicted molar refractivity (Wildman–Crippen MR) is 75.5 cm³/mol. The van der Waals surface area contributed by atoms with Gasteiger partial charge < -0.3 is 20.5 Å². The van der Waals surface area contributed by atoms with Crippen molar-refractivity contribution in [3.8, 4) is 0 Å². The van der Waals surface area contributed by atoms with E-state index >= 15 is 0 Å². The Hall–Kier alpha value is -1.14. The first-order chi connectivity index (χ1) is 9.56. The molecule has 1 aliphatic heterocycles. The van der Waals surface area contributed by atoms with E-state index in [1.807, 2.05) is 0 Å².